The average molecular weight is 396 g/mol. The van der Waals surface area contributed by atoms with Crippen molar-refractivity contribution in [1.29, 1.82) is 0 Å². The topological polar surface area (TPSA) is 80.5 Å². The summed E-state index contributed by atoms with van der Waals surface area (Å²) < 4.78 is 0. The van der Waals surface area contributed by atoms with Gasteiger partial charge in [0, 0.05) is 17.9 Å². The molecule has 3 aliphatic carbocycles. The van der Waals surface area contributed by atoms with Crippen LogP contribution in [0.15, 0.2) is 72.8 Å². The summed E-state index contributed by atoms with van der Waals surface area (Å²) in [6.45, 7) is 0. The maximum atomic E-state index is 13.6. The highest BCUT2D eigenvalue weighted by Crippen LogP contribution is 2.61. The molecule has 2 amide bonds. The van der Waals surface area contributed by atoms with Crippen molar-refractivity contribution in [3.8, 4) is 0 Å². The zero-order valence-electron chi connectivity index (χ0n) is 15.8. The molecule has 4 aliphatic rings. The van der Waals surface area contributed by atoms with Gasteiger partial charge < -0.3 is 0 Å². The first-order chi connectivity index (χ1) is 14.6. The fraction of sp³-hybridized carbons (Fsp3) is 0.167. The number of nitro benzene ring substituents is 1. The lowest BCUT2D eigenvalue weighted by molar-refractivity contribution is -0.384. The summed E-state index contributed by atoms with van der Waals surface area (Å²) in [5.74, 6) is -2.25. The summed E-state index contributed by atoms with van der Waals surface area (Å²) in [7, 11) is 0. The molecule has 0 spiro atoms. The molecule has 0 saturated carbocycles. The van der Waals surface area contributed by atoms with E-state index in [0.29, 0.717) is 0 Å². The Hall–Kier alpha value is -3.80. The molecule has 6 heteroatoms. The average Bonchev–Trinajstić information content (AvgIpc) is 3.04. The van der Waals surface area contributed by atoms with Crippen LogP contribution in [0.5, 0.6) is 0 Å². The minimum atomic E-state index is -0.549. The third kappa shape index (κ3) is 1.98. The standard InChI is InChI=1S/C24H16N2O4/c27-23-21-19-13-7-1-2-8-14(13)20(16-10-4-3-9-15(16)19)22(21)24(28)25(23)17-11-5-6-12-18(17)26(29)30/h1-12,19-22H/t19?,20?,21-,22-/m1/s1. The van der Waals surface area contributed by atoms with E-state index in [1.54, 1.807) is 6.07 Å². The van der Waals surface area contributed by atoms with Crippen LogP contribution in [0.25, 0.3) is 0 Å². The lowest BCUT2D eigenvalue weighted by Crippen LogP contribution is -2.41. The molecule has 1 aliphatic heterocycles. The number of carbonyl (C=O) groups excluding carboxylic acids is 2. The van der Waals surface area contributed by atoms with E-state index in [1.807, 2.05) is 48.5 Å². The van der Waals surface area contributed by atoms with E-state index >= 15 is 0 Å². The van der Waals surface area contributed by atoms with Crippen LogP contribution in [0.3, 0.4) is 0 Å². The number of nitrogens with zero attached hydrogens (tertiary/aromatic N) is 2. The number of benzene rings is 3. The fourth-order valence-corrected chi connectivity index (χ4v) is 5.72. The molecule has 3 aromatic rings. The maximum Gasteiger partial charge on any atom is 0.293 e. The number of rotatable bonds is 2. The lowest BCUT2D eigenvalue weighted by Gasteiger charge is -2.45. The third-order valence-corrected chi connectivity index (χ3v) is 6.77. The molecule has 6 nitrogen and oxygen atoms in total. The van der Waals surface area contributed by atoms with Crippen molar-refractivity contribution in [3.05, 3.63) is 105 Å². The van der Waals surface area contributed by atoms with Gasteiger partial charge in [0.25, 0.3) is 5.69 Å². The van der Waals surface area contributed by atoms with E-state index in [-0.39, 0.29) is 35.0 Å². The van der Waals surface area contributed by atoms with Crippen LogP contribution in [-0.4, -0.2) is 16.7 Å². The lowest BCUT2D eigenvalue weighted by atomic mass is 9.55. The number of imide groups is 1. The SMILES string of the molecule is O=C1[C@@H]2C3c4ccccc4C(c4ccccc43)[C@H]2C(=O)N1c1ccccc1[N+](=O)[O-]. The highest BCUT2D eigenvalue weighted by Gasteiger charge is 2.62. The normalized spacial score (nSPS) is 25.7. The van der Waals surface area contributed by atoms with E-state index in [2.05, 4.69) is 0 Å². The molecule has 0 unspecified atom stereocenters. The number of hydrogen-bond acceptors (Lipinski definition) is 4. The first-order valence-corrected chi connectivity index (χ1v) is 9.88. The van der Waals surface area contributed by atoms with Crippen LogP contribution in [0, 0.1) is 22.0 Å². The van der Waals surface area contributed by atoms with Crippen molar-refractivity contribution in [2.24, 2.45) is 11.8 Å². The van der Waals surface area contributed by atoms with Gasteiger partial charge in [-0.05, 0) is 28.3 Å². The molecule has 3 aromatic carbocycles. The first kappa shape index (κ1) is 17.1. The second kappa shape index (κ2) is 5.86. The molecule has 1 saturated heterocycles. The van der Waals surface area contributed by atoms with Gasteiger partial charge in [-0.2, -0.15) is 0 Å². The highest BCUT2D eigenvalue weighted by atomic mass is 16.6. The Morgan fingerprint density at radius 3 is 1.50 bits per heavy atom. The van der Waals surface area contributed by atoms with Crippen molar-refractivity contribution in [1.82, 2.24) is 0 Å². The van der Waals surface area contributed by atoms with Crippen molar-refractivity contribution >= 4 is 23.2 Å². The third-order valence-electron chi connectivity index (χ3n) is 6.77. The van der Waals surface area contributed by atoms with E-state index < -0.39 is 16.8 Å². The van der Waals surface area contributed by atoms with Gasteiger partial charge in [0.15, 0.2) is 0 Å². The number of amides is 2. The van der Waals surface area contributed by atoms with Gasteiger partial charge in [-0.15, -0.1) is 0 Å². The van der Waals surface area contributed by atoms with E-state index in [1.165, 1.54) is 18.2 Å². The monoisotopic (exact) mass is 396 g/mol. The summed E-state index contributed by atoms with van der Waals surface area (Å²) in [4.78, 5) is 39.3. The van der Waals surface area contributed by atoms with E-state index in [4.69, 9.17) is 0 Å². The number of anilines is 1. The smallest absolute Gasteiger partial charge is 0.274 e. The quantitative estimate of drug-likeness (QED) is 0.373. The Kier molecular flexibility index (Phi) is 3.34. The summed E-state index contributed by atoms with van der Waals surface area (Å²) in [5, 5.41) is 11.6. The van der Waals surface area contributed by atoms with Crippen LogP contribution in [0.1, 0.15) is 34.1 Å². The minimum absolute atomic E-state index is 0.0550. The zero-order valence-corrected chi connectivity index (χ0v) is 15.8. The Morgan fingerprint density at radius 1 is 0.667 bits per heavy atom. The predicted octanol–water partition coefficient (Wildman–Crippen LogP) is 3.99. The Bertz CT molecular complexity index is 1150. The predicted molar refractivity (Wildman–Crippen MR) is 109 cm³/mol. The van der Waals surface area contributed by atoms with Gasteiger partial charge in [-0.1, -0.05) is 60.7 Å². The first-order valence-electron chi connectivity index (χ1n) is 9.88. The summed E-state index contributed by atoms with van der Waals surface area (Å²) >= 11 is 0. The molecule has 2 atom stereocenters. The van der Waals surface area contributed by atoms with Crippen LogP contribution >= 0.6 is 0 Å². The molecule has 0 radical (unpaired) electrons. The van der Waals surface area contributed by atoms with Gasteiger partial charge in [-0.25, -0.2) is 4.90 Å². The Balaban J connectivity index is 1.58. The maximum absolute atomic E-state index is 13.6. The molecule has 1 fully saturated rings. The molecular weight excluding hydrogens is 380 g/mol. The summed E-state index contributed by atoms with van der Waals surface area (Å²) in [6.07, 6.45) is 0. The summed E-state index contributed by atoms with van der Waals surface area (Å²) in [6, 6.07) is 21.9. The second-order valence-corrected chi connectivity index (χ2v) is 8.02. The van der Waals surface area contributed by atoms with E-state index in [0.717, 1.165) is 27.2 Å². The zero-order chi connectivity index (χ0) is 20.6. The van der Waals surface area contributed by atoms with Crippen LogP contribution in [-0.2, 0) is 9.59 Å². The Morgan fingerprint density at radius 2 is 1.07 bits per heavy atom. The number of para-hydroxylation sites is 2. The number of nitro groups is 1. The van der Waals surface area contributed by atoms with E-state index in [9.17, 15) is 19.7 Å². The van der Waals surface area contributed by atoms with Gasteiger partial charge in [0.05, 0.1) is 16.8 Å². The number of hydrogen-bond donors (Lipinski definition) is 0. The van der Waals surface area contributed by atoms with Gasteiger partial charge in [0.1, 0.15) is 5.69 Å². The molecule has 2 bridgehead atoms. The highest BCUT2D eigenvalue weighted by molar-refractivity contribution is 6.24. The largest absolute Gasteiger partial charge is 0.293 e. The summed E-state index contributed by atoms with van der Waals surface area (Å²) in [5.41, 5.74) is 4.13. The van der Waals surface area contributed by atoms with Crippen molar-refractivity contribution in [3.63, 3.8) is 0 Å². The molecule has 30 heavy (non-hydrogen) atoms. The molecule has 146 valence electrons. The molecule has 7 rings (SSSR count). The van der Waals surface area contributed by atoms with Crippen LogP contribution in [0.4, 0.5) is 11.4 Å². The number of carbonyl (C=O) groups is 2. The van der Waals surface area contributed by atoms with Crippen molar-refractivity contribution in [2.75, 3.05) is 4.90 Å². The molecular formula is C24H16N2O4. The van der Waals surface area contributed by atoms with Gasteiger partial charge in [-0.3, -0.25) is 19.7 Å². The molecule has 0 aromatic heterocycles. The van der Waals surface area contributed by atoms with Crippen LogP contribution in [0.2, 0.25) is 0 Å². The fourth-order valence-electron chi connectivity index (χ4n) is 5.72. The second-order valence-electron chi connectivity index (χ2n) is 8.02. The molecule has 1 heterocycles. The van der Waals surface area contributed by atoms with Gasteiger partial charge >= 0.3 is 0 Å². The van der Waals surface area contributed by atoms with Crippen molar-refractivity contribution < 1.29 is 14.5 Å². The molecule has 0 N–H and O–H groups in total. The van der Waals surface area contributed by atoms with Crippen LogP contribution < -0.4 is 4.90 Å². The minimum Gasteiger partial charge on any atom is -0.274 e. The van der Waals surface area contributed by atoms with Gasteiger partial charge in [0.2, 0.25) is 11.8 Å². The van der Waals surface area contributed by atoms with Crippen molar-refractivity contribution in [2.45, 2.75) is 11.8 Å². The Labute approximate surface area is 171 Å².